The van der Waals surface area contributed by atoms with Gasteiger partial charge in [-0.2, -0.15) is 0 Å². The number of aryl methyl sites for hydroxylation is 1. The average Bonchev–Trinajstić information content (AvgIpc) is 3.37. The Kier molecular flexibility index (Phi) is 6.71. The molecule has 2 aliphatic heterocycles. The molecule has 0 radical (unpaired) electrons. The third-order valence-corrected chi connectivity index (χ3v) is 8.01. The van der Waals surface area contributed by atoms with Crippen LogP contribution in [-0.2, 0) is 16.0 Å². The Bertz CT molecular complexity index is 1580. The number of nitrogen functional groups attached to an aromatic ring is 1. The molecule has 40 heavy (non-hydrogen) atoms. The van der Waals surface area contributed by atoms with Crippen LogP contribution in [0.2, 0.25) is 0 Å². The van der Waals surface area contributed by atoms with Crippen molar-refractivity contribution >= 4 is 34.5 Å². The largest absolute Gasteiger partial charge is 0.383 e. The van der Waals surface area contributed by atoms with E-state index >= 15 is 0 Å². The fourth-order valence-corrected chi connectivity index (χ4v) is 5.64. The van der Waals surface area contributed by atoms with E-state index in [9.17, 15) is 9.59 Å². The molecule has 10 nitrogen and oxygen atoms in total. The van der Waals surface area contributed by atoms with Gasteiger partial charge in [-0.05, 0) is 61.6 Å². The highest BCUT2D eigenvalue weighted by molar-refractivity contribution is 6.05. The quantitative estimate of drug-likeness (QED) is 0.378. The zero-order valence-electron chi connectivity index (χ0n) is 22.8. The molecule has 3 N–H and O–H groups in total. The van der Waals surface area contributed by atoms with E-state index in [1.807, 2.05) is 36.1 Å². The summed E-state index contributed by atoms with van der Waals surface area (Å²) in [6, 6.07) is 11.3. The second-order valence-corrected chi connectivity index (χ2v) is 10.9. The SMILES string of the molecule is CCc1ccnc(NC(=O)c2ccc(-c3cn(C4CCCN(C(=O)C5(C)COC5)C4)c4ncnc(N)c34)cc2)c1. The van der Waals surface area contributed by atoms with Gasteiger partial charge in [0.2, 0.25) is 5.91 Å². The lowest BCUT2D eigenvalue weighted by Crippen LogP contribution is -2.55. The first-order chi connectivity index (χ1) is 19.4. The van der Waals surface area contributed by atoms with E-state index in [4.69, 9.17) is 10.5 Å². The van der Waals surface area contributed by atoms with Gasteiger partial charge in [-0.3, -0.25) is 9.59 Å². The van der Waals surface area contributed by atoms with E-state index in [0.29, 0.717) is 37.0 Å². The number of ether oxygens (including phenoxy) is 1. The van der Waals surface area contributed by atoms with Gasteiger partial charge in [-0.25, -0.2) is 15.0 Å². The molecule has 2 fully saturated rings. The first kappa shape index (κ1) is 25.9. The fraction of sp³-hybridized carbons (Fsp3) is 0.367. The molecule has 1 aromatic carbocycles. The summed E-state index contributed by atoms with van der Waals surface area (Å²) in [7, 11) is 0. The molecule has 0 saturated carbocycles. The molecule has 3 aromatic heterocycles. The van der Waals surface area contributed by atoms with Gasteiger partial charge >= 0.3 is 0 Å². The summed E-state index contributed by atoms with van der Waals surface area (Å²) in [5.41, 5.74) is 10.1. The highest BCUT2D eigenvalue weighted by Gasteiger charge is 2.44. The molecular weight excluding hydrogens is 506 g/mol. The number of nitrogens with one attached hydrogen (secondary N) is 1. The van der Waals surface area contributed by atoms with Crippen LogP contribution in [0.15, 0.2) is 55.1 Å². The second-order valence-electron chi connectivity index (χ2n) is 10.9. The van der Waals surface area contributed by atoms with Crippen molar-refractivity contribution in [1.29, 1.82) is 0 Å². The number of pyridine rings is 1. The average molecular weight is 540 g/mol. The number of carbonyl (C=O) groups is 2. The molecule has 0 bridgehead atoms. The van der Waals surface area contributed by atoms with Crippen molar-refractivity contribution in [2.75, 3.05) is 37.4 Å². The number of nitrogens with two attached hydrogens (primary N) is 1. The maximum absolute atomic E-state index is 13.2. The number of nitrogens with zero attached hydrogens (tertiary/aromatic N) is 5. The van der Waals surface area contributed by atoms with Crippen molar-refractivity contribution in [3.8, 4) is 11.1 Å². The number of anilines is 2. The van der Waals surface area contributed by atoms with Crippen LogP contribution >= 0.6 is 0 Å². The summed E-state index contributed by atoms with van der Waals surface area (Å²) in [6.07, 6.45) is 7.93. The molecule has 10 heteroatoms. The fourth-order valence-electron chi connectivity index (χ4n) is 5.64. The van der Waals surface area contributed by atoms with Crippen molar-refractivity contribution < 1.29 is 14.3 Å². The number of rotatable bonds is 6. The number of benzene rings is 1. The van der Waals surface area contributed by atoms with Crippen LogP contribution in [0.25, 0.3) is 22.2 Å². The van der Waals surface area contributed by atoms with Crippen molar-refractivity contribution in [2.24, 2.45) is 5.41 Å². The summed E-state index contributed by atoms with van der Waals surface area (Å²) in [5.74, 6) is 0.848. The van der Waals surface area contributed by atoms with Gasteiger partial charge in [-0.15, -0.1) is 0 Å². The Balaban J connectivity index is 1.27. The van der Waals surface area contributed by atoms with E-state index in [2.05, 4.69) is 38.0 Å². The smallest absolute Gasteiger partial charge is 0.256 e. The van der Waals surface area contributed by atoms with E-state index in [1.54, 1.807) is 18.3 Å². The zero-order valence-corrected chi connectivity index (χ0v) is 22.8. The van der Waals surface area contributed by atoms with Crippen molar-refractivity contribution in [3.05, 3.63) is 66.2 Å². The third kappa shape index (κ3) is 4.68. The lowest BCUT2D eigenvalue weighted by atomic mass is 9.86. The van der Waals surface area contributed by atoms with Crippen LogP contribution in [0, 0.1) is 5.41 Å². The van der Waals surface area contributed by atoms with E-state index in [1.165, 1.54) is 6.33 Å². The van der Waals surface area contributed by atoms with Crippen LogP contribution in [0.5, 0.6) is 0 Å². The third-order valence-electron chi connectivity index (χ3n) is 8.01. The molecule has 1 atom stereocenters. The number of fused-ring (bicyclic) bond motifs is 1. The number of carbonyl (C=O) groups excluding carboxylic acids is 2. The van der Waals surface area contributed by atoms with Crippen LogP contribution in [0.1, 0.15) is 48.7 Å². The van der Waals surface area contributed by atoms with Crippen LogP contribution < -0.4 is 11.1 Å². The number of piperidine rings is 1. The number of amides is 2. The Hall–Kier alpha value is -4.31. The maximum atomic E-state index is 13.2. The van der Waals surface area contributed by atoms with Crippen LogP contribution in [-0.4, -0.2) is 62.5 Å². The topological polar surface area (TPSA) is 128 Å². The van der Waals surface area contributed by atoms with Gasteiger partial charge < -0.3 is 25.3 Å². The Morgan fingerprint density at radius 3 is 2.67 bits per heavy atom. The minimum absolute atomic E-state index is 0.0595. The summed E-state index contributed by atoms with van der Waals surface area (Å²) in [4.78, 5) is 41.2. The molecule has 4 aromatic rings. The van der Waals surface area contributed by atoms with Crippen molar-refractivity contribution in [3.63, 3.8) is 0 Å². The molecule has 6 rings (SSSR count). The minimum atomic E-state index is -0.429. The number of likely N-dealkylation sites (tertiary alicyclic amines) is 1. The van der Waals surface area contributed by atoms with Gasteiger partial charge in [0.15, 0.2) is 0 Å². The normalized spacial score (nSPS) is 18.4. The molecule has 0 spiro atoms. The van der Waals surface area contributed by atoms with Crippen LogP contribution in [0.3, 0.4) is 0 Å². The van der Waals surface area contributed by atoms with E-state index in [0.717, 1.165) is 53.5 Å². The zero-order chi connectivity index (χ0) is 27.9. The predicted octanol–water partition coefficient (Wildman–Crippen LogP) is 4.09. The predicted molar refractivity (Wildman–Crippen MR) is 153 cm³/mol. The minimum Gasteiger partial charge on any atom is -0.383 e. The molecular formula is C30H33N7O3. The molecule has 2 amide bonds. The molecule has 2 aliphatic rings. The monoisotopic (exact) mass is 539 g/mol. The standard InChI is InChI=1S/C30H33N7O3/c1-3-19-10-11-32-24(13-19)35-28(38)21-8-6-20(7-9-21)23-15-37(27-25(23)26(31)33-18-34-27)22-5-4-12-36(14-22)29(39)30(2)16-40-17-30/h6-11,13,15,18,22H,3-5,12,14,16-17H2,1-2H3,(H2,31,33,34)(H,32,35,38). The first-order valence-corrected chi connectivity index (χ1v) is 13.7. The van der Waals surface area contributed by atoms with Gasteiger partial charge in [0.1, 0.15) is 23.6 Å². The lowest BCUT2D eigenvalue weighted by Gasteiger charge is -2.43. The summed E-state index contributed by atoms with van der Waals surface area (Å²) >= 11 is 0. The van der Waals surface area contributed by atoms with Crippen molar-refractivity contribution in [2.45, 2.75) is 39.2 Å². The Labute approximate surface area is 232 Å². The summed E-state index contributed by atoms with van der Waals surface area (Å²) < 4.78 is 7.47. The van der Waals surface area contributed by atoms with Gasteiger partial charge in [0.25, 0.3) is 5.91 Å². The first-order valence-electron chi connectivity index (χ1n) is 13.7. The molecule has 206 valence electrons. The Morgan fingerprint density at radius 2 is 1.95 bits per heavy atom. The highest BCUT2D eigenvalue weighted by atomic mass is 16.5. The van der Waals surface area contributed by atoms with Gasteiger partial charge in [-0.1, -0.05) is 19.1 Å². The summed E-state index contributed by atoms with van der Waals surface area (Å²) in [5, 5.41) is 3.64. The molecule has 2 saturated heterocycles. The maximum Gasteiger partial charge on any atom is 0.256 e. The van der Waals surface area contributed by atoms with Crippen LogP contribution in [0.4, 0.5) is 11.6 Å². The summed E-state index contributed by atoms with van der Waals surface area (Å²) in [6.45, 7) is 6.33. The number of hydrogen-bond acceptors (Lipinski definition) is 7. The lowest BCUT2D eigenvalue weighted by molar-refractivity contribution is -0.170. The van der Waals surface area contributed by atoms with E-state index < -0.39 is 5.41 Å². The highest BCUT2D eigenvalue weighted by Crippen LogP contribution is 2.37. The van der Waals surface area contributed by atoms with Gasteiger partial charge in [0, 0.05) is 36.6 Å². The second kappa shape index (κ2) is 10.3. The van der Waals surface area contributed by atoms with Gasteiger partial charge in [0.05, 0.1) is 30.1 Å². The van der Waals surface area contributed by atoms with Crippen molar-refractivity contribution in [1.82, 2.24) is 24.4 Å². The number of aromatic nitrogens is 4. The van der Waals surface area contributed by atoms with E-state index in [-0.39, 0.29) is 17.9 Å². The number of hydrogen-bond donors (Lipinski definition) is 2. The molecule has 1 unspecified atom stereocenters. The molecule has 0 aliphatic carbocycles. The Morgan fingerprint density at radius 1 is 1.15 bits per heavy atom. The molecule has 5 heterocycles.